The fourth-order valence-corrected chi connectivity index (χ4v) is 3.30. The number of piperidine rings is 1. The van der Waals surface area contributed by atoms with E-state index in [1.807, 2.05) is 30.3 Å². The maximum Gasteiger partial charge on any atom is 0.166 e. The molecule has 1 saturated heterocycles. The van der Waals surface area contributed by atoms with E-state index < -0.39 is 6.10 Å². The van der Waals surface area contributed by atoms with Crippen molar-refractivity contribution in [2.24, 2.45) is 5.92 Å². The van der Waals surface area contributed by atoms with Gasteiger partial charge in [0.15, 0.2) is 5.78 Å². The van der Waals surface area contributed by atoms with Gasteiger partial charge in [0.2, 0.25) is 0 Å². The maximum absolute atomic E-state index is 13.7. The summed E-state index contributed by atoms with van der Waals surface area (Å²) >= 11 is 0. The van der Waals surface area contributed by atoms with E-state index in [9.17, 15) is 14.3 Å². The molecule has 1 aliphatic heterocycles. The smallest absolute Gasteiger partial charge is 0.166 e. The predicted octanol–water partition coefficient (Wildman–Crippen LogP) is 3.45. The van der Waals surface area contributed by atoms with Crippen LogP contribution in [0.2, 0.25) is 0 Å². The van der Waals surface area contributed by atoms with Crippen LogP contribution in [0.4, 0.5) is 4.39 Å². The molecule has 0 saturated carbocycles. The SMILES string of the molecule is O=C(c1ccccc1)C1CCN(CC(O)c2ccccc2F)CC1. The van der Waals surface area contributed by atoms with Gasteiger partial charge in [0, 0.05) is 23.6 Å². The Bertz CT molecular complexity index is 681. The molecule has 0 bridgehead atoms. The van der Waals surface area contributed by atoms with Crippen molar-refractivity contribution in [1.82, 2.24) is 4.90 Å². The molecule has 0 amide bonds. The Labute approximate surface area is 141 Å². The summed E-state index contributed by atoms with van der Waals surface area (Å²) in [5.74, 6) is -0.140. The van der Waals surface area contributed by atoms with Crippen molar-refractivity contribution >= 4 is 5.78 Å². The Hall–Kier alpha value is -2.04. The topological polar surface area (TPSA) is 40.5 Å². The molecule has 0 spiro atoms. The number of nitrogens with zero attached hydrogens (tertiary/aromatic N) is 1. The highest BCUT2D eigenvalue weighted by Gasteiger charge is 2.27. The largest absolute Gasteiger partial charge is 0.387 e. The summed E-state index contributed by atoms with van der Waals surface area (Å²) in [6.07, 6.45) is 0.711. The van der Waals surface area contributed by atoms with Gasteiger partial charge in [-0.3, -0.25) is 4.79 Å². The number of Topliss-reactive ketones (excluding diaryl/α,β-unsaturated/α-hetero) is 1. The van der Waals surface area contributed by atoms with Crippen molar-refractivity contribution in [3.05, 3.63) is 71.5 Å². The highest BCUT2D eigenvalue weighted by molar-refractivity contribution is 5.97. The van der Waals surface area contributed by atoms with Crippen molar-refractivity contribution in [1.29, 1.82) is 0 Å². The number of carbonyl (C=O) groups excluding carboxylic acids is 1. The zero-order chi connectivity index (χ0) is 16.9. The normalized spacial score (nSPS) is 17.6. The molecular formula is C20H22FNO2. The molecule has 4 heteroatoms. The lowest BCUT2D eigenvalue weighted by molar-refractivity contribution is 0.0719. The second kappa shape index (κ2) is 7.69. The second-order valence-electron chi connectivity index (χ2n) is 6.34. The van der Waals surface area contributed by atoms with Gasteiger partial charge in [-0.05, 0) is 32.0 Å². The summed E-state index contributed by atoms with van der Waals surface area (Å²) in [6.45, 7) is 1.89. The van der Waals surface area contributed by atoms with Crippen LogP contribution in [0.15, 0.2) is 54.6 Å². The van der Waals surface area contributed by atoms with E-state index in [4.69, 9.17) is 0 Å². The Morgan fingerprint density at radius 3 is 2.38 bits per heavy atom. The van der Waals surface area contributed by atoms with Crippen LogP contribution in [-0.2, 0) is 0 Å². The van der Waals surface area contributed by atoms with Crippen LogP contribution in [-0.4, -0.2) is 35.4 Å². The zero-order valence-electron chi connectivity index (χ0n) is 13.6. The van der Waals surface area contributed by atoms with Crippen molar-refractivity contribution in [2.45, 2.75) is 18.9 Å². The lowest BCUT2D eigenvalue weighted by Crippen LogP contribution is -2.38. The third kappa shape index (κ3) is 3.89. The molecule has 1 unspecified atom stereocenters. The summed E-state index contributed by atoms with van der Waals surface area (Å²) in [5.41, 5.74) is 1.10. The number of hydrogen-bond acceptors (Lipinski definition) is 3. The molecule has 1 N–H and O–H groups in total. The third-order valence-electron chi connectivity index (χ3n) is 4.71. The molecule has 3 rings (SSSR count). The maximum atomic E-state index is 13.7. The van der Waals surface area contributed by atoms with E-state index >= 15 is 0 Å². The number of halogens is 1. The molecule has 3 nitrogen and oxygen atoms in total. The van der Waals surface area contributed by atoms with Gasteiger partial charge in [0.1, 0.15) is 5.82 Å². The van der Waals surface area contributed by atoms with Gasteiger partial charge in [-0.1, -0.05) is 48.5 Å². The molecule has 2 aromatic carbocycles. The molecule has 126 valence electrons. The van der Waals surface area contributed by atoms with Crippen LogP contribution in [0.3, 0.4) is 0 Å². The number of ketones is 1. The molecule has 0 aromatic heterocycles. The van der Waals surface area contributed by atoms with Gasteiger partial charge in [-0.15, -0.1) is 0 Å². The minimum Gasteiger partial charge on any atom is -0.387 e. The Morgan fingerprint density at radius 2 is 1.71 bits per heavy atom. The van der Waals surface area contributed by atoms with E-state index in [0.717, 1.165) is 31.5 Å². The minimum absolute atomic E-state index is 0.0363. The predicted molar refractivity (Wildman–Crippen MR) is 91.3 cm³/mol. The number of benzene rings is 2. The Balaban J connectivity index is 1.54. The molecule has 0 radical (unpaired) electrons. The van der Waals surface area contributed by atoms with Gasteiger partial charge in [-0.2, -0.15) is 0 Å². The molecule has 1 atom stereocenters. The van der Waals surface area contributed by atoms with Crippen molar-refractivity contribution in [2.75, 3.05) is 19.6 Å². The quantitative estimate of drug-likeness (QED) is 0.855. The van der Waals surface area contributed by atoms with Gasteiger partial charge in [-0.25, -0.2) is 4.39 Å². The van der Waals surface area contributed by atoms with Crippen molar-refractivity contribution < 1.29 is 14.3 Å². The molecule has 1 fully saturated rings. The first-order valence-corrected chi connectivity index (χ1v) is 8.39. The molecular weight excluding hydrogens is 305 g/mol. The van der Waals surface area contributed by atoms with E-state index in [1.165, 1.54) is 6.07 Å². The number of likely N-dealkylation sites (tertiary alicyclic amines) is 1. The van der Waals surface area contributed by atoms with Crippen LogP contribution < -0.4 is 0 Å². The summed E-state index contributed by atoms with van der Waals surface area (Å²) in [7, 11) is 0. The zero-order valence-corrected chi connectivity index (χ0v) is 13.6. The standard InChI is InChI=1S/C20H22FNO2/c21-18-9-5-4-8-17(18)19(23)14-22-12-10-16(11-13-22)20(24)15-6-2-1-3-7-15/h1-9,16,19,23H,10-14H2. The summed E-state index contributed by atoms with van der Waals surface area (Å²) in [5, 5.41) is 10.3. The lowest BCUT2D eigenvalue weighted by Gasteiger charge is -2.32. The fraction of sp³-hybridized carbons (Fsp3) is 0.350. The number of aliphatic hydroxyl groups is 1. The van der Waals surface area contributed by atoms with Gasteiger partial charge in [0.25, 0.3) is 0 Å². The monoisotopic (exact) mass is 327 g/mol. The summed E-state index contributed by atoms with van der Waals surface area (Å²) in [6, 6.07) is 15.7. The molecule has 1 heterocycles. The highest BCUT2D eigenvalue weighted by atomic mass is 19.1. The molecule has 2 aromatic rings. The van der Waals surface area contributed by atoms with Crippen LogP contribution >= 0.6 is 0 Å². The first-order valence-electron chi connectivity index (χ1n) is 8.39. The molecule has 24 heavy (non-hydrogen) atoms. The van der Waals surface area contributed by atoms with E-state index in [1.54, 1.807) is 18.2 Å². The lowest BCUT2D eigenvalue weighted by atomic mass is 9.88. The first kappa shape index (κ1) is 16.8. The van der Waals surface area contributed by atoms with E-state index in [2.05, 4.69) is 4.90 Å². The number of aliphatic hydroxyl groups excluding tert-OH is 1. The number of carbonyl (C=O) groups is 1. The second-order valence-corrected chi connectivity index (χ2v) is 6.34. The van der Waals surface area contributed by atoms with Gasteiger partial charge >= 0.3 is 0 Å². The number of β-amino-alcohol motifs (C(OH)–C–C–N with tert-alkyl or cyclic N) is 1. The van der Waals surface area contributed by atoms with Gasteiger partial charge in [0.05, 0.1) is 6.10 Å². The summed E-state index contributed by atoms with van der Waals surface area (Å²) in [4.78, 5) is 14.6. The third-order valence-corrected chi connectivity index (χ3v) is 4.71. The Morgan fingerprint density at radius 1 is 1.08 bits per heavy atom. The van der Waals surface area contributed by atoms with Crippen LogP contribution in [0.25, 0.3) is 0 Å². The average Bonchev–Trinajstić information content (AvgIpc) is 2.63. The fourth-order valence-electron chi connectivity index (χ4n) is 3.30. The van der Waals surface area contributed by atoms with Crippen LogP contribution in [0.1, 0.15) is 34.9 Å². The Kier molecular flexibility index (Phi) is 5.38. The first-order chi connectivity index (χ1) is 11.6. The highest BCUT2D eigenvalue weighted by Crippen LogP contribution is 2.24. The van der Waals surface area contributed by atoms with Crippen LogP contribution in [0, 0.1) is 11.7 Å². The van der Waals surface area contributed by atoms with Crippen molar-refractivity contribution in [3.63, 3.8) is 0 Å². The molecule has 1 aliphatic rings. The van der Waals surface area contributed by atoms with E-state index in [0.29, 0.717) is 12.1 Å². The average molecular weight is 327 g/mol. The van der Waals surface area contributed by atoms with Crippen molar-refractivity contribution in [3.8, 4) is 0 Å². The minimum atomic E-state index is -0.840. The van der Waals surface area contributed by atoms with E-state index in [-0.39, 0.29) is 17.5 Å². The molecule has 0 aliphatic carbocycles. The van der Waals surface area contributed by atoms with Crippen LogP contribution in [0.5, 0.6) is 0 Å². The number of rotatable bonds is 5. The van der Waals surface area contributed by atoms with Gasteiger partial charge < -0.3 is 10.0 Å². The number of hydrogen-bond donors (Lipinski definition) is 1. The summed E-state index contributed by atoms with van der Waals surface area (Å²) < 4.78 is 13.7.